The topological polar surface area (TPSA) is 86.6 Å². The van der Waals surface area contributed by atoms with E-state index < -0.39 is 9.84 Å². The highest BCUT2D eigenvalue weighted by Crippen LogP contribution is 2.34. The Labute approximate surface area is 189 Å². The second-order valence-corrected chi connectivity index (χ2v) is 9.96. The van der Waals surface area contributed by atoms with Crippen molar-refractivity contribution in [2.75, 3.05) is 41.1 Å². The van der Waals surface area contributed by atoms with Crippen molar-refractivity contribution in [3.8, 4) is 34.3 Å². The molecular formula is C23H30N4O4S. The van der Waals surface area contributed by atoms with Gasteiger partial charge in [-0.25, -0.2) is 18.1 Å². The highest BCUT2D eigenvalue weighted by Gasteiger charge is 2.18. The summed E-state index contributed by atoms with van der Waals surface area (Å²) in [5.41, 5.74) is 2.36. The lowest BCUT2D eigenvalue weighted by Gasteiger charge is -2.13. The average Bonchev–Trinajstić information content (AvgIpc) is 3.17. The Morgan fingerprint density at radius 2 is 1.69 bits per heavy atom. The molecule has 0 bridgehead atoms. The number of methoxy groups -OCH3 is 2. The third-order valence-electron chi connectivity index (χ3n) is 5.18. The molecule has 0 aliphatic rings. The second kappa shape index (κ2) is 9.70. The minimum atomic E-state index is -3.34. The Kier molecular flexibility index (Phi) is 7.20. The van der Waals surface area contributed by atoms with Gasteiger partial charge in [-0.1, -0.05) is 12.1 Å². The largest absolute Gasteiger partial charge is 0.496 e. The standard InChI is InChI=1S/C23H30N4O4S/c1-16-20(30-4)14-18(15-21(16)31-5)23-24-22(25-27(23)12-8-11-26(2)3)17-9-7-10-19(13-17)32(6,28)29/h7,9-10,13-15H,8,11-12H2,1-6H3. The lowest BCUT2D eigenvalue weighted by atomic mass is 10.1. The van der Waals surface area contributed by atoms with E-state index in [1.54, 1.807) is 32.4 Å². The fourth-order valence-electron chi connectivity index (χ4n) is 3.45. The molecule has 32 heavy (non-hydrogen) atoms. The first-order valence-electron chi connectivity index (χ1n) is 10.3. The summed E-state index contributed by atoms with van der Waals surface area (Å²) in [7, 11) is 3.96. The van der Waals surface area contributed by atoms with Gasteiger partial charge in [0.15, 0.2) is 21.5 Å². The number of rotatable bonds is 9. The number of benzene rings is 2. The summed E-state index contributed by atoms with van der Waals surface area (Å²) in [5, 5.41) is 4.72. The maximum atomic E-state index is 12.0. The first kappa shape index (κ1) is 23.7. The van der Waals surface area contributed by atoms with Crippen molar-refractivity contribution in [2.24, 2.45) is 0 Å². The van der Waals surface area contributed by atoms with Crippen LogP contribution in [-0.4, -0.2) is 69.2 Å². The lowest BCUT2D eigenvalue weighted by Crippen LogP contribution is -2.15. The summed E-state index contributed by atoms with van der Waals surface area (Å²) in [6, 6.07) is 10.5. The van der Waals surface area contributed by atoms with E-state index in [1.165, 1.54) is 6.26 Å². The molecule has 0 spiro atoms. The molecule has 3 rings (SSSR count). The van der Waals surface area contributed by atoms with Crippen LogP contribution in [0.1, 0.15) is 12.0 Å². The van der Waals surface area contributed by atoms with Gasteiger partial charge in [0.25, 0.3) is 0 Å². The fourth-order valence-corrected chi connectivity index (χ4v) is 4.12. The highest BCUT2D eigenvalue weighted by molar-refractivity contribution is 7.90. The molecule has 172 valence electrons. The predicted molar refractivity (Wildman–Crippen MR) is 125 cm³/mol. The molecule has 9 heteroatoms. The van der Waals surface area contributed by atoms with Crippen LogP contribution in [0, 0.1) is 6.92 Å². The zero-order valence-corrected chi connectivity index (χ0v) is 20.2. The van der Waals surface area contributed by atoms with Crippen LogP contribution < -0.4 is 9.47 Å². The van der Waals surface area contributed by atoms with Gasteiger partial charge in [0.1, 0.15) is 11.5 Å². The van der Waals surface area contributed by atoms with E-state index in [0.29, 0.717) is 35.3 Å². The highest BCUT2D eigenvalue weighted by atomic mass is 32.2. The lowest BCUT2D eigenvalue weighted by molar-refractivity contribution is 0.381. The number of hydrogen-bond donors (Lipinski definition) is 0. The monoisotopic (exact) mass is 458 g/mol. The van der Waals surface area contributed by atoms with Crippen LogP contribution in [0.4, 0.5) is 0 Å². The van der Waals surface area contributed by atoms with Crippen LogP contribution in [0.3, 0.4) is 0 Å². The smallest absolute Gasteiger partial charge is 0.181 e. The normalized spacial score (nSPS) is 11.7. The average molecular weight is 459 g/mol. The first-order valence-corrected chi connectivity index (χ1v) is 12.2. The molecule has 0 fully saturated rings. The predicted octanol–water partition coefficient (Wildman–Crippen LogP) is 3.29. The molecule has 1 heterocycles. The third kappa shape index (κ3) is 5.28. The molecule has 0 saturated carbocycles. The molecule has 0 radical (unpaired) electrons. The minimum Gasteiger partial charge on any atom is -0.496 e. The Morgan fingerprint density at radius 3 is 2.25 bits per heavy atom. The van der Waals surface area contributed by atoms with E-state index in [1.807, 2.05) is 43.9 Å². The Hall–Kier alpha value is -2.91. The third-order valence-corrected chi connectivity index (χ3v) is 6.29. The maximum Gasteiger partial charge on any atom is 0.181 e. The van der Waals surface area contributed by atoms with E-state index in [4.69, 9.17) is 19.6 Å². The van der Waals surface area contributed by atoms with Gasteiger partial charge in [0, 0.05) is 29.5 Å². The van der Waals surface area contributed by atoms with Gasteiger partial charge >= 0.3 is 0 Å². The minimum absolute atomic E-state index is 0.235. The van der Waals surface area contributed by atoms with Crippen LogP contribution in [0.5, 0.6) is 11.5 Å². The maximum absolute atomic E-state index is 12.0. The van der Waals surface area contributed by atoms with Gasteiger partial charge in [-0.15, -0.1) is 0 Å². The van der Waals surface area contributed by atoms with Crippen LogP contribution >= 0.6 is 0 Å². The summed E-state index contributed by atoms with van der Waals surface area (Å²) in [5.74, 6) is 2.53. The molecular weight excluding hydrogens is 428 g/mol. The van der Waals surface area contributed by atoms with E-state index in [9.17, 15) is 8.42 Å². The molecule has 0 saturated heterocycles. The van der Waals surface area contributed by atoms with Gasteiger partial charge in [-0.05, 0) is 58.3 Å². The van der Waals surface area contributed by atoms with E-state index in [-0.39, 0.29) is 4.90 Å². The molecule has 0 aliphatic heterocycles. The molecule has 0 atom stereocenters. The van der Waals surface area contributed by atoms with E-state index in [2.05, 4.69) is 4.90 Å². The number of nitrogens with zero attached hydrogens (tertiary/aromatic N) is 4. The molecule has 0 N–H and O–H groups in total. The van der Waals surface area contributed by atoms with E-state index >= 15 is 0 Å². The van der Waals surface area contributed by atoms with Crippen molar-refractivity contribution in [1.82, 2.24) is 19.7 Å². The van der Waals surface area contributed by atoms with Crippen molar-refractivity contribution in [2.45, 2.75) is 24.8 Å². The fraction of sp³-hybridized carbons (Fsp3) is 0.391. The van der Waals surface area contributed by atoms with Crippen molar-refractivity contribution < 1.29 is 17.9 Å². The number of ether oxygens (including phenoxy) is 2. The molecule has 0 amide bonds. The number of aromatic nitrogens is 3. The molecule has 8 nitrogen and oxygen atoms in total. The molecule has 0 unspecified atom stereocenters. The van der Waals surface area contributed by atoms with Crippen molar-refractivity contribution in [1.29, 1.82) is 0 Å². The quantitative estimate of drug-likeness (QED) is 0.486. The first-order chi connectivity index (χ1) is 15.1. The summed E-state index contributed by atoms with van der Waals surface area (Å²) >= 11 is 0. The van der Waals surface area contributed by atoms with Crippen LogP contribution in [0.2, 0.25) is 0 Å². The Bertz CT molecular complexity index is 1180. The summed E-state index contributed by atoms with van der Waals surface area (Å²) in [6.07, 6.45) is 2.07. The molecule has 2 aromatic carbocycles. The molecule has 3 aromatic rings. The van der Waals surface area contributed by atoms with Gasteiger partial charge in [0.05, 0.1) is 19.1 Å². The Balaban J connectivity index is 2.12. The van der Waals surface area contributed by atoms with Crippen LogP contribution in [0.15, 0.2) is 41.3 Å². The SMILES string of the molecule is COc1cc(-c2nc(-c3cccc(S(C)(=O)=O)c3)nn2CCCN(C)C)cc(OC)c1C. The van der Waals surface area contributed by atoms with Crippen molar-refractivity contribution in [3.05, 3.63) is 42.0 Å². The zero-order chi connectivity index (χ0) is 23.5. The summed E-state index contributed by atoms with van der Waals surface area (Å²) in [6.45, 7) is 3.49. The van der Waals surface area contributed by atoms with Crippen molar-refractivity contribution in [3.63, 3.8) is 0 Å². The summed E-state index contributed by atoms with van der Waals surface area (Å²) < 4.78 is 36.9. The number of sulfone groups is 1. The van der Waals surface area contributed by atoms with Gasteiger partial charge in [-0.3, -0.25) is 0 Å². The van der Waals surface area contributed by atoms with Gasteiger partial charge < -0.3 is 14.4 Å². The van der Waals surface area contributed by atoms with E-state index in [0.717, 1.165) is 24.1 Å². The zero-order valence-electron chi connectivity index (χ0n) is 19.4. The van der Waals surface area contributed by atoms with Gasteiger partial charge in [0.2, 0.25) is 0 Å². The van der Waals surface area contributed by atoms with Crippen molar-refractivity contribution >= 4 is 9.84 Å². The molecule has 1 aromatic heterocycles. The number of hydrogen-bond acceptors (Lipinski definition) is 7. The van der Waals surface area contributed by atoms with Crippen LogP contribution in [0.25, 0.3) is 22.8 Å². The number of aryl methyl sites for hydroxylation is 1. The van der Waals surface area contributed by atoms with Crippen LogP contribution in [-0.2, 0) is 16.4 Å². The second-order valence-electron chi connectivity index (χ2n) is 7.94. The Morgan fingerprint density at radius 1 is 1.03 bits per heavy atom. The summed E-state index contributed by atoms with van der Waals surface area (Å²) in [4.78, 5) is 7.14. The van der Waals surface area contributed by atoms with Gasteiger partial charge in [-0.2, -0.15) is 5.10 Å². The molecule has 0 aliphatic carbocycles.